The maximum absolute atomic E-state index is 11.9. The SMILES string of the molecule is CC1CCC(OC(=O)[C@H](N)Cc2cnc[nH]2)CC1C. The molecule has 106 valence electrons. The van der Waals surface area contributed by atoms with Crippen molar-refractivity contribution in [2.75, 3.05) is 0 Å². The van der Waals surface area contributed by atoms with Gasteiger partial charge in [-0.2, -0.15) is 0 Å². The number of nitrogens with two attached hydrogens (primary N) is 1. The lowest BCUT2D eigenvalue weighted by molar-refractivity contribution is -0.153. The summed E-state index contributed by atoms with van der Waals surface area (Å²) < 4.78 is 5.52. The Morgan fingerprint density at radius 1 is 1.53 bits per heavy atom. The summed E-state index contributed by atoms with van der Waals surface area (Å²) >= 11 is 0. The van der Waals surface area contributed by atoms with Crippen molar-refractivity contribution in [1.29, 1.82) is 0 Å². The zero-order chi connectivity index (χ0) is 13.8. The quantitative estimate of drug-likeness (QED) is 0.811. The Morgan fingerprint density at radius 3 is 2.95 bits per heavy atom. The van der Waals surface area contributed by atoms with Crippen molar-refractivity contribution in [2.24, 2.45) is 17.6 Å². The Morgan fingerprint density at radius 2 is 2.32 bits per heavy atom. The molecule has 2 rings (SSSR count). The number of aromatic amines is 1. The Bertz CT molecular complexity index is 405. The predicted octanol–water partition coefficient (Wildman–Crippen LogP) is 1.65. The van der Waals surface area contributed by atoms with Gasteiger partial charge in [-0.1, -0.05) is 13.8 Å². The van der Waals surface area contributed by atoms with Crippen LogP contribution in [0.3, 0.4) is 0 Å². The van der Waals surface area contributed by atoms with Gasteiger partial charge in [0.2, 0.25) is 0 Å². The first-order valence-corrected chi connectivity index (χ1v) is 6.99. The maximum Gasteiger partial charge on any atom is 0.323 e. The molecule has 0 aromatic carbocycles. The molecule has 1 aliphatic rings. The molecule has 0 radical (unpaired) electrons. The molecule has 4 atom stereocenters. The van der Waals surface area contributed by atoms with Gasteiger partial charge in [-0.05, 0) is 31.1 Å². The van der Waals surface area contributed by atoms with Gasteiger partial charge in [-0.3, -0.25) is 4.79 Å². The first-order chi connectivity index (χ1) is 9.06. The molecule has 5 heteroatoms. The fourth-order valence-corrected chi connectivity index (χ4v) is 2.57. The standard InChI is InChI=1S/C14H23N3O2/c1-9-3-4-12(5-10(9)2)19-14(18)13(15)6-11-7-16-8-17-11/h7-10,12-13H,3-6,15H2,1-2H3,(H,16,17)/t9?,10?,12?,13-/m1/s1. The van der Waals surface area contributed by atoms with Crippen LogP contribution in [0.2, 0.25) is 0 Å². The molecule has 1 aromatic rings. The molecule has 0 bridgehead atoms. The van der Waals surface area contributed by atoms with E-state index in [4.69, 9.17) is 10.5 Å². The van der Waals surface area contributed by atoms with Crippen LogP contribution in [0.4, 0.5) is 0 Å². The normalized spacial score (nSPS) is 28.9. The number of nitrogens with zero attached hydrogens (tertiary/aromatic N) is 1. The van der Waals surface area contributed by atoms with Gasteiger partial charge >= 0.3 is 5.97 Å². The third-order valence-corrected chi connectivity index (χ3v) is 4.13. The van der Waals surface area contributed by atoms with Crippen LogP contribution >= 0.6 is 0 Å². The van der Waals surface area contributed by atoms with Gasteiger partial charge < -0.3 is 15.5 Å². The summed E-state index contributed by atoms with van der Waals surface area (Å²) in [7, 11) is 0. The van der Waals surface area contributed by atoms with E-state index in [-0.39, 0.29) is 12.1 Å². The first-order valence-electron chi connectivity index (χ1n) is 6.99. The fourth-order valence-electron chi connectivity index (χ4n) is 2.57. The Labute approximate surface area is 113 Å². The summed E-state index contributed by atoms with van der Waals surface area (Å²) in [5.74, 6) is 1.02. The zero-order valence-electron chi connectivity index (χ0n) is 11.6. The van der Waals surface area contributed by atoms with Crippen molar-refractivity contribution in [2.45, 2.75) is 51.7 Å². The van der Waals surface area contributed by atoms with E-state index in [0.717, 1.165) is 25.0 Å². The molecule has 5 nitrogen and oxygen atoms in total. The van der Waals surface area contributed by atoms with Crippen LogP contribution < -0.4 is 5.73 Å². The molecule has 3 unspecified atom stereocenters. The summed E-state index contributed by atoms with van der Waals surface area (Å²) in [6, 6.07) is -0.616. The van der Waals surface area contributed by atoms with Crippen molar-refractivity contribution in [3.8, 4) is 0 Å². The number of carbonyl (C=O) groups is 1. The predicted molar refractivity (Wildman–Crippen MR) is 72.3 cm³/mol. The molecule has 1 fully saturated rings. The molecule has 1 saturated carbocycles. The number of imidazole rings is 1. The lowest BCUT2D eigenvalue weighted by Crippen LogP contribution is -2.38. The minimum absolute atomic E-state index is 0.0338. The van der Waals surface area contributed by atoms with E-state index in [2.05, 4.69) is 23.8 Å². The van der Waals surface area contributed by atoms with E-state index >= 15 is 0 Å². The Balaban J connectivity index is 1.80. The van der Waals surface area contributed by atoms with Crippen molar-refractivity contribution >= 4 is 5.97 Å². The van der Waals surface area contributed by atoms with E-state index in [0.29, 0.717) is 18.3 Å². The Hall–Kier alpha value is -1.36. The molecule has 1 heterocycles. The van der Waals surface area contributed by atoms with Crippen LogP contribution in [0.15, 0.2) is 12.5 Å². The third kappa shape index (κ3) is 3.80. The molecule has 1 aliphatic carbocycles. The smallest absolute Gasteiger partial charge is 0.323 e. The van der Waals surface area contributed by atoms with Crippen molar-refractivity contribution in [3.05, 3.63) is 18.2 Å². The molecular formula is C14H23N3O2. The molecule has 0 saturated heterocycles. The summed E-state index contributed by atoms with van der Waals surface area (Å²) in [6.07, 6.45) is 6.76. The van der Waals surface area contributed by atoms with E-state index in [1.165, 1.54) is 0 Å². The van der Waals surface area contributed by atoms with Crippen LogP contribution in [0, 0.1) is 11.8 Å². The van der Waals surface area contributed by atoms with Crippen LogP contribution in [-0.4, -0.2) is 28.1 Å². The van der Waals surface area contributed by atoms with Gasteiger partial charge in [0.25, 0.3) is 0 Å². The number of hydrogen-bond acceptors (Lipinski definition) is 4. The van der Waals surface area contributed by atoms with Crippen molar-refractivity contribution in [3.63, 3.8) is 0 Å². The average molecular weight is 265 g/mol. The summed E-state index contributed by atoms with van der Waals surface area (Å²) in [5, 5.41) is 0. The second-order valence-electron chi connectivity index (χ2n) is 5.71. The van der Waals surface area contributed by atoms with Gasteiger partial charge in [-0.25, -0.2) is 4.98 Å². The van der Waals surface area contributed by atoms with Crippen LogP contribution in [0.1, 0.15) is 38.8 Å². The number of carbonyl (C=O) groups excluding carboxylic acids is 1. The number of ether oxygens (including phenoxy) is 1. The molecular weight excluding hydrogens is 242 g/mol. The lowest BCUT2D eigenvalue weighted by Gasteiger charge is -2.32. The average Bonchev–Trinajstić information content (AvgIpc) is 2.86. The highest BCUT2D eigenvalue weighted by molar-refractivity contribution is 5.76. The molecule has 0 amide bonds. The van der Waals surface area contributed by atoms with Crippen LogP contribution in [-0.2, 0) is 16.0 Å². The van der Waals surface area contributed by atoms with Gasteiger partial charge in [0, 0.05) is 18.3 Å². The molecule has 19 heavy (non-hydrogen) atoms. The first kappa shape index (κ1) is 14.1. The number of aromatic nitrogens is 2. The topological polar surface area (TPSA) is 81.0 Å². The minimum atomic E-state index is -0.616. The molecule has 0 spiro atoms. The highest BCUT2D eigenvalue weighted by Crippen LogP contribution is 2.31. The van der Waals surface area contributed by atoms with Crippen molar-refractivity contribution < 1.29 is 9.53 Å². The van der Waals surface area contributed by atoms with Gasteiger partial charge in [-0.15, -0.1) is 0 Å². The largest absolute Gasteiger partial charge is 0.461 e. The second kappa shape index (κ2) is 6.19. The van der Waals surface area contributed by atoms with E-state index < -0.39 is 6.04 Å². The summed E-state index contributed by atoms with van der Waals surface area (Å²) in [6.45, 7) is 4.47. The minimum Gasteiger partial charge on any atom is -0.461 e. The molecule has 3 N–H and O–H groups in total. The van der Waals surface area contributed by atoms with Gasteiger partial charge in [0.15, 0.2) is 0 Å². The van der Waals surface area contributed by atoms with E-state index in [1.807, 2.05) is 0 Å². The number of nitrogens with one attached hydrogen (secondary N) is 1. The van der Waals surface area contributed by atoms with E-state index in [1.54, 1.807) is 12.5 Å². The summed E-state index contributed by atoms with van der Waals surface area (Å²) in [5.41, 5.74) is 6.72. The molecule has 1 aromatic heterocycles. The van der Waals surface area contributed by atoms with Gasteiger partial charge in [0.05, 0.1) is 6.33 Å². The molecule has 0 aliphatic heterocycles. The third-order valence-electron chi connectivity index (χ3n) is 4.13. The lowest BCUT2D eigenvalue weighted by atomic mass is 9.80. The number of rotatable bonds is 4. The van der Waals surface area contributed by atoms with Crippen LogP contribution in [0.5, 0.6) is 0 Å². The summed E-state index contributed by atoms with van der Waals surface area (Å²) in [4.78, 5) is 18.8. The highest BCUT2D eigenvalue weighted by atomic mass is 16.5. The number of H-pyrrole nitrogens is 1. The Kier molecular flexibility index (Phi) is 4.58. The van der Waals surface area contributed by atoms with Crippen LogP contribution in [0.25, 0.3) is 0 Å². The fraction of sp³-hybridized carbons (Fsp3) is 0.714. The monoisotopic (exact) mass is 265 g/mol. The van der Waals surface area contributed by atoms with Crippen molar-refractivity contribution in [1.82, 2.24) is 9.97 Å². The second-order valence-corrected chi connectivity index (χ2v) is 5.71. The maximum atomic E-state index is 11.9. The number of esters is 1. The van der Waals surface area contributed by atoms with E-state index in [9.17, 15) is 4.79 Å². The zero-order valence-corrected chi connectivity index (χ0v) is 11.6. The van der Waals surface area contributed by atoms with Gasteiger partial charge in [0.1, 0.15) is 12.1 Å². The highest BCUT2D eigenvalue weighted by Gasteiger charge is 2.28. The number of hydrogen-bond donors (Lipinski definition) is 2.